The molecule has 0 bridgehead atoms. The van der Waals surface area contributed by atoms with Gasteiger partial charge in [0.2, 0.25) is 41.4 Å². The lowest BCUT2D eigenvalue weighted by Crippen LogP contribution is -2.62. The molecule has 1 aliphatic heterocycles. The molecule has 22 nitrogen and oxygen atoms in total. The number of aliphatic carboxylic acids is 1. The third-order valence-electron chi connectivity index (χ3n) is 11.9. The van der Waals surface area contributed by atoms with Gasteiger partial charge >= 0.3 is 5.97 Å². The molecule has 16 N–H and O–H groups in total. The maximum atomic E-state index is 14.7. The zero-order chi connectivity index (χ0) is 53.2. The second-order valence-electron chi connectivity index (χ2n) is 17.7. The predicted molar refractivity (Wildman–Crippen MR) is 274 cm³/mol. The fourth-order valence-electron chi connectivity index (χ4n) is 7.79. The molecule has 1 fully saturated rings. The molecule has 10 atom stereocenters. The highest BCUT2D eigenvalue weighted by atomic mass is 33.1. The summed E-state index contributed by atoms with van der Waals surface area (Å²) in [7, 11) is 1.86. The van der Waals surface area contributed by atoms with Gasteiger partial charge < -0.3 is 74.1 Å². The van der Waals surface area contributed by atoms with Crippen LogP contribution in [0, 0.1) is 0 Å². The Morgan fingerprint density at radius 2 is 1.34 bits per heavy atom. The summed E-state index contributed by atoms with van der Waals surface area (Å²) in [5.74, 6) is -8.59. The normalized spacial score (nSPS) is 22.5. The van der Waals surface area contributed by atoms with Crippen LogP contribution in [-0.4, -0.2) is 151 Å². The van der Waals surface area contributed by atoms with Gasteiger partial charge in [-0.2, -0.15) is 0 Å². The summed E-state index contributed by atoms with van der Waals surface area (Å²) in [6.07, 6.45) is -1.03. The number of carbonyl (C=O) groups is 8. The van der Waals surface area contributed by atoms with E-state index in [9.17, 15) is 58.8 Å². The number of hydrogen-bond acceptors (Lipinski definition) is 15. The fraction of sp³-hybridized carbons (Fsp3) is 0.429. The Morgan fingerprint density at radius 1 is 0.726 bits per heavy atom. The Bertz CT molecular complexity index is 2530. The molecule has 0 radical (unpaired) electrons. The highest BCUT2D eigenvalue weighted by Gasteiger charge is 2.37. The summed E-state index contributed by atoms with van der Waals surface area (Å²) >= 11 is 0. The third kappa shape index (κ3) is 17.2. The van der Waals surface area contributed by atoms with Crippen molar-refractivity contribution < 1.29 is 58.8 Å². The number of carboxylic acids is 1. The van der Waals surface area contributed by atoms with Crippen molar-refractivity contribution >= 4 is 79.8 Å². The largest absolute Gasteiger partial charge is 0.508 e. The van der Waals surface area contributed by atoms with E-state index in [0.29, 0.717) is 24.0 Å². The average Bonchev–Trinajstić information content (AvgIpc) is 3.76. The number of rotatable bonds is 17. The molecule has 0 spiro atoms. The summed E-state index contributed by atoms with van der Waals surface area (Å²) in [6.45, 7) is 2.56. The van der Waals surface area contributed by atoms with Crippen LogP contribution < -0.4 is 48.7 Å². The molecule has 1 aromatic heterocycles. The van der Waals surface area contributed by atoms with E-state index in [0.717, 1.165) is 45.0 Å². The third-order valence-corrected chi connectivity index (χ3v) is 14.3. The summed E-state index contributed by atoms with van der Waals surface area (Å²) in [4.78, 5) is 115. The van der Waals surface area contributed by atoms with Crippen LogP contribution in [0.1, 0.15) is 49.8 Å². The Morgan fingerprint density at radius 3 is 2.00 bits per heavy atom. The van der Waals surface area contributed by atoms with Crippen molar-refractivity contribution in [1.82, 2.24) is 42.2 Å². The number of phenols is 1. The van der Waals surface area contributed by atoms with Gasteiger partial charge in [-0.05, 0) is 81.0 Å². The molecule has 4 unspecified atom stereocenters. The minimum atomic E-state index is -1.82. The first-order valence-electron chi connectivity index (χ1n) is 23.6. The number of unbranched alkanes of at least 4 members (excludes halogenated alkanes) is 1. The number of phenolic OH excluding ortho intramolecular Hbond substituents is 1. The Hall–Kier alpha value is -6.70. The molecule has 5 rings (SSSR count). The van der Waals surface area contributed by atoms with Gasteiger partial charge in [-0.1, -0.05) is 82.3 Å². The number of nitrogens with two attached hydrogens (primary N) is 2. The number of benzene rings is 3. The Labute approximate surface area is 429 Å². The number of aromatic nitrogens is 1. The van der Waals surface area contributed by atoms with Crippen molar-refractivity contribution in [2.75, 3.05) is 18.1 Å². The average molecular weight is 1050 g/mol. The number of amides is 7. The standard InChI is InChI=1S/C49H64N10O12S2/c1-26(60)40-48(69)57-39(47(68)59-41(27(2)61)49(70)71)25-73-72-24-38(56-42(63)33(51)20-28-10-4-3-5-11-28)46(67)54-36(21-29-15-17-31(62)18-16-29)44(65)55-37(22-30-23-52-34-13-7-6-12-32(30)34)45(66)53-35(43(64)58-40)14-8-9-19-50/h3-7,10-13,15-18,23,26-27,33,35-41,52,60-62H,8-9,14,19-22,24-25,50-51H2,1-2H3,(H,53,66)(H,54,67)(H,55,65)(H,56,63)(H,57,69)(H,58,64)(H,59,68)(H,70,71)/t26?,27?,33-,35+,36+,37-,38+,39+,40?,41?/m1/s1. The van der Waals surface area contributed by atoms with Gasteiger partial charge in [0.25, 0.3) is 0 Å². The number of aliphatic hydroxyl groups is 2. The van der Waals surface area contributed by atoms with E-state index in [1.54, 1.807) is 42.6 Å². The van der Waals surface area contributed by atoms with Gasteiger partial charge in [0.05, 0.1) is 18.2 Å². The topological polar surface area (TPSA) is 370 Å². The summed E-state index contributed by atoms with van der Waals surface area (Å²) in [6, 6.07) is 9.98. The summed E-state index contributed by atoms with van der Waals surface area (Å²) in [5.41, 5.74) is 14.7. The van der Waals surface area contributed by atoms with E-state index in [1.165, 1.54) is 31.2 Å². The highest BCUT2D eigenvalue weighted by Crippen LogP contribution is 2.25. The van der Waals surface area contributed by atoms with Crippen molar-refractivity contribution in [3.8, 4) is 5.75 Å². The number of aromatic amines is 1. The molecule has 0 aliphatic carbocycles. The quantitative estimate of drug-likeness (QED) is 0.0445. The van der Waals surface area contributed by atoms with Crippen molar-refractivity contribution in [3.63, 3.8) is 0 Å². The van der Waals surface area contributed by atoms with E-state index in [1.807, 2.05) is 18.2 Å². The molecular formula is C49H64N10O12S2. The van der Waals surface area contributed by atoms with Crippen LogP contribution in [0.2, 0.25) is 0 Å². The monoisotopic (exact) mass is 1050 g/mol. The van der Waals surface area contributed by atoms with E-state index in [4.69, 9.17) is 11.5 Å². The molecular weight excluding hydrogens is 985 g/mol. The van der Waals surface area contributed by atoms with Gasteiger partial charge in [0, 0.05) is 41.4 Å². The lowest BCUT2D eigenvalue weighted by atomic mass is 10.0. The van der Waals surface area contributed by atoms with Crippen LogP contribution in [0.5, 0.6) is 5.75 Å². The summed E-state index contributed by atoms with van der Waals surface area (Å²) in [5, 5.41) is 59.6. The number of aliphatic hydroxyl groups excluding tert-OH is 2. The van der Waals surface area contributed by atoms with Crippen LogP contribution in [0.3, 0.4) is 0 Å². The number of fused-ring (bicyclic) bond motifs is 1. The first kappa shape index (κ1) is 57.2. The lowest BCUT2D eigenvalue weighted by molar-refractivity contribution is -0.145. The van der Waals surface area contributed by atoms with Crippen LogP contribution >= 0.6 is 21.6 Å². The van der Waals surface area contributed by atoms with Gasteiger partial charge in [0.1, 0.15) is 42.0 Å². The molecule has 2 heterocycles. The first-order chi connectivity index (χ1) is 34.8. The molecule has 0 saturated carbocycles. The van der Waals surface area contributed by atoms with E-state index in [2.05, 4.69) is 42.2 Å². The molecule has 1 aliphatic rings. The zero-order valence-electron chi connectivity index (χ0n) is 40.2. The number of H-pyrrole nitrogens is 1. The number of hydrogen-bond donors (Lipinski definition) is 14. The SMILES string of the molecule is CC(O)C(NC(=O)[C@@H]1CSSC[C@H](NC(=O)[C@H](N)Cc2ccccc2)C(=O)N[C@@H](Cc2ccc(O)cc2)C(=O)N[C@H](Cc2c[nH]c3ccccc23)C(=O)N[C@@H](CCCCN)C(=O)NC(C(C)O)C(=O)N1)C(=O)O. The molecule has 73 heavy (non-hydrogen) atoms. The minimum absolute atomic E-state index is 0.0207. The maximum absolute atomic E-state index is 14.7. The molecule has 7 amide bonds. The van der Waals surface area contributed by atoms with Crippen LogP contribution in [0.25, 0.3) is 10.9 Å². The Kier molecular flexibility index (Phi) is 21.9. The molecule has 1 saturated heterocycles. The fourth-order valence-corrected chi connectivity index (χ4v) is 10.1. The lowest BCUT2D eigenvalue weighted by Gasteiger charge is -2.29. The van der Waals surface area contributed by atoms with E-state index < -0.39 is 108 Å². The molecule has 3 aromatic carbocycles. The van der Waals surface area contributed by atoms with Gasteiger partial charge in [0.15, 0.2) is 6.04 Å². The van der Waals surface area contributed by atoms with Crippen molar-refractivity contribution in [3.05, 3.63) is 102 Å². The van der Waals surface area contributed by atoms with Crippen LogP contribution in [-0.2, 0) is 57.6 Å². The second kappa shape index (κ2) is 27.9. The van der Waals surface area contributed by atoms with Crippen molar-refractivity contribution in [2.24, 2.45) is 11.5 Å². The van der Waals surface area contributed by atoms with E-state index in [-0.39, 0.29) is 49.5 Å². The number of carbonyl (C=O) groups excluding carboxylic acids is 7. The molecule has 24 heteroatoms. The minimum Gasteiger partial charge on any atom is -0.508 e. The van der Waals surface area contributed by atoms with Gasteiger partial charge in [-0.25, -0.2) is 4.79 Å². The second-order valence-corrected chi connectivity index (χ2v) is 20.2. The summed E-state index contributed by atoms with van der Waals surface area (Å²) < 4.78 is 0. The van der Waals surface area contributed by atoms with Crippen molar-refractivity contribution in [1.29, 1.82) is 0 Å². The van der Waals surface area contributed by atoms with Crippen molar-refractivity contribution in [2.45, 2.75) is 113 Å². The number of nitrogens with one attached hydrogen (secondary N) is 8. The number of aromatic hydroxyl groups is 1. The van der Waals surface area contributed by atoms with Gasteiger partial charge in [-0.3, -0.25) is 33.6 Å². The number of para-hydroxylation sites is 1. The van der Waals surface area contributed by atoms with Crippen LogP contribution in [0.15, 0.2) is 85.1 Å². The molecule has 394 valence electrons. The Balaban J connectivity index is 1.58. The predicted octanol–water partition coefficient (Wildman–Crippen LogP) is -1.01. The first-order valence-corrected chi connectivity index (χ1v) is 26.1. The highest BCUT2D eigenvalue weighted by molar-refractivity contribution is 8.76. The smallest absolute Gasteiger partial charge is 0.328 e. The van der Waals surface area contributed by atoms with Crippen LogP contribution in [0.4, 0.5) is 0 Å². The maximum Gasteiger partial charge on any atom is 0.328 e. The molecule has 4 aromatic rings. The zero-order valence-corrected chi connectivity index (χ0v) is 41.9. The number of carboxylic acid groups (broad SMARTS) is 1. The van der Waals surface area contributed by atoms with E-state index >= 15 is 0 Å². The van der Waals surface area contributed by atoms with Gasteiger partial charge in [-0.15, -0.1) is 0 Å².